The second-order valence-electron chi connectivity index (χ2n) is 7.05. The van der Waals surface area contributed by atoms with E-state index in [4.69, 9.17) is 30.3 Å². The van der Waals surface area contributed by atoms with Gasteiger partial charge < -0.3 is 50.4 Å². The molecule has 33 heavy (non-hydrogen) atoms. The first-order valence-corrected chi connectivity index (χ1v) is 9.41. The van der Waals surface area contributed by atoms with Gasteiger partial charge in [0.1, 0.15) is 53.0 Å². The first-order chi connectivity index (χ1) is 15.5. The fourth-order valence-electron chi connectivity index (χ4n) is 2.92. The Hall–Kier alpha value is -3.71. The number of aliphatic hydroxyl groups excluding tert-OH is 4. The molecule has 0 aliphatic carbocycles. The van der Waals surface area contributed by atoms with Crippen LogP contribution in [0.2, 0.25) is 0 Å². The van der Waals surface area contributed by atoms with E-state index in [9.17, 15) is 29.7 Å². The zero-order valence-electron chi connectivity index (χ0n) is 16.8. The fraction of sp³-hybridized carbons (Fsp3) is 0.286. The minimum absolute atomic E-state index is 0.0809. The number of ketones is 1. The number of aldehydes is 1. The molecule has 8 N–H and O–H groups in total. The van der Waals surface area contributed by atoms with Crippen LogP contribution in [-0.2, 0) is 9.59 Å². The van der Waals surface area contributed by atoms with Crippen molar-refractivity contribution in [2.75, 3.05) is 0 Å². The third kappa shape index (κ3) is 6.17. The molecule has 178 valence electrons. The lowest BCUT2D eigenvalue weighted by atomic mass is 9.95. The molecule has 0 radical (unpaired) electrons. The number of aromatic hydroxyl groups is 3. The van der Waals surface area contributed by atoms with Gasteiger partial charge in [0.15, 0.2) is 18.2 Å². The summed E-state index contributed by atoms with van der Waals surface area (Å²) in [5.41, 5.74) is 0.836. The maximum absolute atomic E-state index is 12.1. The van der Waals surface area contributed by atoms with Gasteiger partial charge in [-0.3, -0.25) is 4.79 Å². The Bertz CT molecular complexity index is 1000. The number of fused-ring (bicyclic) bond motifs is 1. The van der Waals surface area contributed by atoms with Gasteiger partial charge in [-0.05, 0) is 17.7 Å². The van der Waals surface area contributed by atoms with Crippen LogP contribution in [0.5, 0.6) is 23.0 Å². The van der Waals surface area contributed by atoms with E-state index < -0.39 is 36.5 Å². The van der Waals surface area contributed by atoms with Gasteiger partial charge in [0.25, 0.3) is 0 Å². The van der Waals surface area contributed by atoms with Crippen molar-refractivity contribution in [1.82, 2.24) is 0 Å². The largest absolute Gasteiger partial charge is 0.508 e. The molecule has 0 spiro atoms. The number of phenols is 3. The molecule has 0 saturated carbocycles. The summed E-state index contributed by atoms with van der Waals surface area (Å²) in [6.07, 6.45) is -8.80. The van der Waals surface area contributed by atoms with Gasteiger partial charge in [0.2, 0.25) is 0 Å². The highest BCUT2D eigenvalue weighted by atomic mass is 16.5. The average Bonchev–Trinajstić information content (AvgIpc) is 2.77. The van der Waals surface area contributed by atoms with E-state index in [2.05, 4.69) is 0 Å². The molecular weight excluding hydrogens is 444 g/mol. The summed E-state index contributed by atoms with van der Waals surface area (Å²) in [5, 5.41) is 71.6. The van der Waals surface area contributed by atoms with Gasteiger partial charge in [-0.1, -0.05) is 12.1 Å². The Labute approximate surface area is 186 Å². The monoisotopic (exact) mass is 466 g/mol. The SMILES string of the molecule is O=C1C[C@@H](c2ccc(O)cc2)Oc2cc(O)cc(O)c21.O=C[C@H](O)[C@@H](O)[C@H](O)[C@H](O)C(=O)O. The number of carbonyl (C=O) groups is 3. The summed E-state index contributed by atoms with van der Waals surface area (Å²) in [6, 6.07) is 8.78. The molecule has 0 unspecified atom stereocenters. The summed E-state index contributed by atoms with van der Waals surface area (Å²) in [4.78, 5) is 32.1. The normalized spacial score (nSPS) is 18.4. The van der Waals surface area contributed by atoms with Crippen LogP contribution in [-0.4, -0.2) is 83.3 Å². The molecule has 0 amide bonds. The van der Waals surface area contributed by atoms with Crippen LogP contribution in [0.3, 0.4) is 0 Å². The average molecular weight is 466 g/mol. The number of ether oxygens (including phenoxy) is 1. The smallest absolute Gasteiger partial charge is 0.335 e. The summed E-state index contributed by atoms with van der Waals surface area (Å²) in [6.45, 7) is 0. The Morgan fingerprint density at radius 1 is 0.970 bits per heavy atom. The van der Waals surface area contributed by atoms with Crippen LogP contribution in [0.4, 0.5) is 0 Å². The molecule has 12 heteroatoms. The maximum Gasteiger partial charge on any atom is 0.335 e. The van der Waals surface area contributed by atoms with E-state index in [1.807, 2.05) is 0 Å². The topological polar surface area (TPSA) is 222 Å². The van der Waals surface area contributed by atoms with Gasteiger partial charge in [0, 0.05) is 12.1 Å². The van der Waals surface area contributed by atoms with Crippen molar-refractivity contribution < 1.29 is 60.0 Å². The number of hydrogen-bond donors (Lipinski definition) is 8. The van der Waals surface area contributed by atoms with Crippen LogP contribution in [0.1, 0.15) is 28.4 Å². The molecule has 1 aliphatic heterocycles. The van der Waals surface area contributed by atoms with Crippen LogP contribution in [0, 0.1) is 0 Å². The zero-order chi connectivity index (χ0) is 24.9. The predicted octanol–water partition coefficient (Wildman–Crippen LogP) is -0.777. The minimum Gasteiger partial charge on any atom is -0.508 e. The number of carbonyl (C=O) groups excluding carboxylic acids is 2. The van der Waals surface area contributed by atoms with E-state index >= 15 is 0 Å². The molecule has 0 fully saturated rings. The number of aliphatic hydroxyl groups is 4. The number of carboxylic acid groups (broad SMARTS) is 1. The van der Waals surface area contributed by atoms with E-state index in [1.165, 1.54) is 18.2 Å². The van der Waals surface area contributed by atoms with Gasteiger partial charge in [-0.2, -0.15) is 0 Å². The number of benzene rings is 2. The Morgan fingerprint density at radius 2 is 1.58 bits per heavy atom. The minimum atomic E-state index is -2.25. The van der Waals surface area contributed by atoms with E-state index in [0.29, 0.717) is 0 Å². The van der Waals surface area contributed by atoms with E-state index in [1.54, 1.807) is 12.1 Å². The molecular formula is C21H22O12. The third-order valence-electron chi connectivity index (χ3n) is 4.67. The predicted molar refractivity (Wildman–Crippen MR) is 108 cm³/mol. The maximum atomic E-state index is 12.1. The molecule has 0 bridgehead atoms. The lowest BCUT2D eigenvalue weighted by molar-refractivity contribution is -0.163. The van der Waals surface area contributed by atoms with Crippen molar-refractivity contribution >= 4 is 18.0 Å². The Kier molecular flexibility index (Phi) is 8.32. The van der Waals surface area contributed by atoms with Crippen molar-refractivity contribution in [3.05, 3.63) is 47.5 Å². The van der Waals surface area contributed by atoms with Crippen LogP contribution < -0.4 is 4.74 Å². The second kappa shape index (κ2) is 10.7. The van der Waals surface area contributed by atoms with Gasteiger partial charge in [-0.25, -0.2) is 4.79 Å². The molecule has 12 nitrogen and oxygen atoms in total. The number of hydrogen-bond acceptors (Lipinski definition) is 11. The van der Waals surface area contributed by atoms with Crippen molar-refractivity contribution in [3.8, 4) is 23.0 Å². The number of phenolic OH excluding ortho intramolecular Hbond substituents is 3. The zero-order valence-corrected chi connectivity index (χ0v) is 16.8. The lowest BCUT2D eigenvalue weighted by Crippen LogP contribution is -2.48. The molecule has 0 aromatic heterocycles. The highest BCUT2D eigenvalue weighted by molar-refractivity contribution is 6.02. The third-order valence-corrected chi connectivity index (χ3v) is 4.67. The summed E-state index contributed by atoms with van der Waals surface area (Å²) in [5.74, 6) is -2.16. The Morgan fingerprint density at radius 3 is 2.12 bits per heavy atom. The van der Waals surface area contributed by atoms with Crippen LogP contribution >= 0.6 is 0 Å². The molecule has 1 heterocycles. The second-order valence-corrected chi connectivity index (χ2v) is 7.05. The Balaban J connectivity index is 0.000000260. The first kappa shape index (κ1) is 25.5. The van der Waals surface area contributed by atoms with Gasteiger partial charge >= 0.3 is 5.97 Å². The van der Waals surface area contributed by atoms with E-state index in [-0.39, 0.29) is 47.1 Å². The number of aliphatic carboxylic acids is 1. The standard InChI is InChI=1S/C15H12O5.C6H10O7/c16-9-3-1-8(2-4-9)13-7-12(19)15-11(18)5-10(17)6-14(15)20-13;7-1-2(8)3(9)4(10)5(11)6(12)13/h1-6,13,16-18H,7H2;1-5,8-11H,(H,12,13)/t13-;2-,3+,4-,5-/m00/s1. The number of carboxylic acids is 1. The molecule has 1 aliphatic rings. The molecule has 2 aromatic rings. The molecule has 5 atom stereocenters. The van der Waals surface area contributed by atoms with Crippen molar-refractivity contribution in [2.24, 2.45) is 0 Å². The van der Waals surface area contributed by atoms with Gasteiger partial charge in [0.05, 0.1) is 6.42 Å². The quantitative estimate of drug-likeness (QED) is 0.246. The first-order valence-electron chi connectivity index (χ1n) is 9.41. The fourth-order valence-corrected chi connectivity index (χ4v) is 2.92. The number of rotatable bonds is 6. The summed E-state index contributed by atoms with van der Waals surface area (Å²) < 4.78 is 5.67. The van der Waals surface area contributed by atoms with E-state index in [0.717, 1.165) is 11.6 Å². The summed E-state index contributed by atoms with van der Waals surface area (Å²) >= 11 is 0. The molecule has 3 rings (SSSR count). The van der Waals surface area contributed by atoms with Crippen LogP contribution in [0.15, 0.2) is 36.4 Å². The van der Waals surface area contributed by atoms with Crippen molar-refractivity contribution in [1.29, 1.82) is 0 Å². The molecule has 2 aromatic carbocycles. The van der Waals surface area contributed by atoms with Crippen molar-refractivity contribution in [3.63, 3.8) is 0 Å². The highest BCUT2D eigenvalue weighted by Crippen LogP contribution is 2.41. The van der Waals surface area contributed by atoms with Crippen LogP contribution in [0.25, 0.3) is 0 Å². The lowest BCUT2D eigenvalue weighted by Gasteiger charge is -2.26. The molecule has 0 saturated heterocycles. The number of Topliss-reactive ketones (excluding diaryl/α,β-unsaturated/α-hetero) is 1. The highest BCUT2D eigenvalue weighted by Gasteiger charge is 2.34. The summed E-state index contributed by atoms with van der Waals surface area (Å²) in [7, 11) is 0. The van der Waals surface area contributed by atoms with Crippen molar-refractivity contribution in [2.45, 2.75) is 36.9 Å². The van der Waals surface area contributed by atoms with Gasteiger partial charge in [-0.15, -0.1) is 0 Å².